The number of aliphatic hydroxyl groups is 1. The zero-order valence-corrected chi connectivity index (χ0v) is 9.96. The predicted octanol–water partition coefficient (Wildman–Crippen LogP) is 1.02. The second-order valence-electron chi connectivity index (χ2n) is 3.88. The number of nitrogens with zero attached hydrogens (tertiary/aromatic N) is 2. The van der Waals surface area contributed by atoms with Gasteiger partial charge < -0.3 is 15.1 Å². The van der Waals surface area contributed by atoms with Crippen molar-refractivity contribution in [3.05, 3.63) is 24.0 Å². The van der Waals surface area contributed by atoms with E-state index >= 15 is 0 Å². The average Bonchev–Trinajstić information content (AvgIpc) is 2.34. The Morgan fingerprint density at radius 1 is 1.41 bits per heavy atom. The number of aromatic nitrogens is 1. The number of aliphatic hydroxyl groups excluding tert-OH is 1. The summed E-state index contributed by atoms with van der Waals surface area (Å²) in [5.74, 6) is -0.383. The number of carbonyl (C=O) groups is 1. The smallest absolute Gasteiger partial charge is 0.276 e. The number of carbonyl (C=O) groups excluding carboxylic acids is 1. The summed E-state index contributed by atoms with van der Waals surface area (Å²) in [5.41, 5.74) is 0.0807. The quantitative estimate of drug-likeness (QED) is 0.726. The van der Waals surface area contributed by atoms with Gasteiger partial charge in [-0.25, -0.2) is 4.98 Å². The van der Waals surface area contributed by atoms with Gasteiger partial charge in [0.1, 0.15) is 5.75 Å². The molecule has 0 aliphatic heterocycles. The number of hydrogen-bond donors (Lipinski definition) is 2. The molecule has 0 atom stereocenters. The number of pyridine rings is 1. The third kappa shape index (κ3) is 4.03. The predicted molar refractivity (Wildman–Crippen MR) is 63.8 cm³/mol. The lowest BCUT2D eigenvalue weighted by Gasteiger charge is -2.16. The second kappa shape index (κ2) is 6.85. The number of rotatable bonds is 6. The van der Waals surface area contributed by atoms with Gasteiger partial charge in [-0.2, -0.15) is 0 Å². The van der Waals surface area contributed by atoms with Crippen molar-refractivity contribution in [3.8, 4) is 5.75 Å². The van der Waals surface area contributed by atoms with Crippen LogP contribution < -0.4 is 0 Å². The van der Waals surface area contributed by atoms with Crippen molar-refractivity contribution >= 4 is 5.91 Å². The molecule has 0 bridgehead atoms. The van der Waals surface area contributed by atoms with Gasteiger partial charge in [-0.15, -0.1) is 0 Å². The molecule has 0 radical (unpaired) electrons. The van der Waals surface area contributed by atoms with E-state index in [4.69, 9.17) is 5.11 Å². The van der Waals surface area contributed by atoms with Crippen LogP contribution in [-0.2, 0) is 0 Å². The zero-order chi connectivity index (χ0) is 12.7. The standard InChI is InChI=1S/C12H18N2O3/c1-14(8-3-2-4-9-15)12(17)11-10(16)6-5-7-13-11/h5-7,15-16H,2-4,8-9H2,1H3. The summed E-state index contributed by atoms with van der Waals surface area (Å²) in [5, 5.41) is 18.1. The summed E-state index contributed by atoms with van der Waals surface area (Å²) in [7, 11) is 1.68. The Hall–Kier alpha value is -1.62. The molecule has 0 unspecified atom stereocenters. The minimum Gasteiger partial charge on any atom is -0.505 e. The Labute approximate surface area is 101 Å². The molecular weight excluding hydrogens is 220 g/mol. The molecule has 5 heteroatoms. The van der Waals surface area contributed by atoms with E-state index in [1.54, 1.807) is 13.1 Å². The molecule has 17 heavy (non-hydrogen) atoms. The molecule has 0 saturated heterocycles. The summed E-state index contributed by atoms with van der Waals surface area (Å²) in [4.78, 5) is 17.3. The largest absolute Gasteiger partial charge is 0.505 e. The molecule has 0 aliphatic carbocycles. The van der Waals surface area contributed by atoms with Gasteiger partial charge >= 0.3 is 0 Å². The third-order valence-corrected chi connectivity index (χ3v) is 2.49. The van der Waals surface area contributed by atoms with Crippen molar-refractivity contribution in [1.29, 1.82) is 0 Å². The van der Waals surface area contributed by atoms with E-state index in [9.17, 15) is 9.90 Å². The zero-order valence-electron chi connectivity index (χ0n) is 9.96. The van der Waals surface area contributed by atoms with E-state index in [0.717, 1.165) is 19.3 Å². The van der Waals surface area contributed by atoms with Crippen molar-refractivity contribution in [2.45, 2.75) is 19.3 Å². The van der Waals surface area contributed by atoms with Gasteiger partial charge in [0, 0.05) is 26.4 Å². The first-order chi connectivity index (χ1) is 8.16. The molecule has 0 spiro atoms. The van der Waals surface area contributed by atoms with E-state index in [1.165, 1.54) is 17.2 Å². The van der Waals surface area contributed by atoms with Crippen LogP contribution in [0, 0.1) is 0 Å². The molecule has 0 aromatic carbocycles. The fraction of sp³-hybridized carbons (Fsp3) is 0.500. The summed E-state index contributed by atoms with van der Waals surface area (Å²) < 4.78 is 0. The van der Waals surface area contributed by atoms with E-state index < -0.39 is 0 Å². The molecule has 1 aromatic heterocycles. The second-order valence-corrected chi connectivity index (χ2v) is 3.88. The molecule has 0 aliphatic rings. The first-order valence-electron chi connectivity index (χ1n) is 5.67. The van der Waals surface area contributed by atoms with E-state index in [-0.39, 0.29) is 24.0 Å². The molecule has 1 heterocycles. The topological polar surface area (TPSA) is 73.7 Å². The van der Waals surface area contributed by atoms with Crippen LogP contribution in [0.15, 0.2) is 18.3 Å². The number of hydrogen-bond acceptors (Lipinski definition) is 4. The molecule has 0 fully saturated rings. The van der Waals surface area contributed by atoms with Crippen LogP contribution in [0.1, 0.15) is 29.8 Å². The highest BCUT2D eigenvalue weighted by Gasteiger charge is 2.16. The van der Waals surface area contributed by atoms with Crippen LogP contribution in [0.25, 0.3) is 0 Å². The minimum absolute atomic E-state index is 0.0807. The van der Waals surface area contributed by atoms with Crippen LogP contribution in [0.5, 0.6) is 5.75 Å². The van der Waals surface area contributed by atoms with Gasteiger partial charge in [-0.3, -0.25) is 4.79 Å². The molecule has 94 valence electrons. The van der Waals surface area contributed by atoms with Crippen molar-refractivity contribution < 1.29 is 15.0 Å². The maximum atomic E-state index is 11.9. The van der Waals surface area contributed by atoms with Crippen LogP contribution in [0.2, 0.25) is 0 Å². The van der Waals surface area contributed by atoms with Gasteiger partial charge in [0.05, 0.1) is 0 Å². The summed E-state index contributed by atoms with van der Waals surface area (Å²) in [6, 6.07) is 3.02. The molecule has 5 nitrogen and oxygen atoms in total. The van der Waals surface area contributed by atoms with E-state index in [0.29, 0.717) is 6.54 Å². The minimum atomic E-state index is -0.285. The Bertz CT molecular complexity index is 369. The Morgan fingerprint density at radius 2 is 2.18 bits per heavy atom. The highest BCUT2D eigenvalue weighted by molar-refractivity contribution is 5.94. The van der Waals surface area contributed by atoms with Crippen molar-refractivity contribution in [1.82, 2.24) is 9.88 Å². The lowest BCUT2D eigenvalue weighted by Crippen LogP contribution is -2.28. The average molecular weight is 238 g/mol. The first kappa shape index (κ1) is 13.4. The fourth-order valence-corrected chi connectivity index (χ4v) is 1.48. The van der Waals surface area contributed by atoms with E-state index in [2.05, 4.69) is 4.98 Å². The highest BCUT2D eigenvalue weighted by atomic mass is 16.3. The Kier molecular flexibility index (Phi) is 5.42. The van der Waals surface area contributed by atoms with Gasteiger partial charge in [-0.1, -0.05) is 0 Å². The van der Waals surface area contributed by atoms with Crippen LogP contribution >= 0.6 is 0 Å². The first-order valence-corrected chi connectivity index (χ1v) is 5.67. The Balaban J connectivity index is 2.49. The lowest BCUT2D eigenvalue weighted by atomic mass is 10.2. The van der Waals surface area contributed by atoms with Crippen molar-refractivity contribution in [3.63, 3.8) is 0 Å². The molecular formula is C12H18N2O3. The Morgan fingerprint density at radius 3 is 2.82 bits per heavy atom. The van der Waals surface area contributed by atoms with Crippen LogP contribution in [0.3, 0.4) is 0 Å². The van der Waals surface area contributed by atoms with Gasteiger partial charge in [0.2, 0.25) is 0 Å². The normalized spacial score (nSPS) is 10.2. The SMILES string of the molecule is CN(CCCCCO)C(=O)c1ncccc1O. The maximum absolute atomic E-state index is 11.9. The number of aromatic hydroxyl groups is 1. The van der Waals surface area contributed by atoms with Gasteiger partial charge in [0.15, 0.2) is 5.69 Å². The number of amides is 1. The fourth-order valence-electron chi connectivity index (χ4n) is 1.48. The van der Waals surface area contributed by atoms with Crippen LogP contribution in [-0.4, -0.2) is 46.2 Å². The summed E-state index contributed by atoms with van der Waals surface area (Å²) >= 11 is 0. The van der Waals surface area contributed by atoms with Crippen molar-refractivity contribution in [2.75, 3.05) is 20.2 Å². The summed E-state index contributed by atoms with van der Waals surface area (Å²) in [6.45, 7) is 0.771. The molecule has 1 aromatic rings. The third-order valence-electron chi connectivity index (χ3n) is 2.49. The number of unbranched alkanes of at least 4 members (excludes halogenated alkanes) is 2. The van der Waals surface area contributed by atoms with Gasteiger partial charge in [0.25, 0.3) is 5.91 Å². The molecule has 2 N–H and O–H groups in total. The maximum Gasteiger partial charge on any atom is 0.276 e. The molecule has 1 rings (SSSR count). The summed E-state index contributed by atoms with van der Waals surface area (Å²) in [6.07, 6.45) is 3.93. The molecule has 1 amide bonds. The van der Waals surface area contributed by atoms with Gasteiger partial charge in [-0.05, 0) is 31.4 Å². The highest BCUT2D eigenvalue weighted by Crippen LogP contribution is 2.14. The van der Waals surface area contributed by atoms with Crippen molar-refractivity contribution in [2.24, 2.45) is 0 Å². The monoisotopic (exact) mass is 238 g/mol. The molecule has 0 saturated carbocycles. The van der Waals surface area contributed by atoms with E-state index in [1.807, 2.05) is 0 Å². The lowest BCUT2D eigenvalue weighted by molar-refractivity contribution is 0.0783. The van der Waals surface area contributed by atoms with Crippen LogP contribution in [0.4, 0.5) is 0 Å².